The number of carbonyl (C=O) groups excluding carboxylic acids is 2. The molecule has 0 aliphatic carbocycles. The molecule has 2 unspecified atom stereocenters. The van der Waals surface area contributed by atoms with Gasteiger partial charge in [0.25, 0.3) is 0 Å². The molecule has 0 aromatic heterocycles. The standard InChI is InChI=1S/C26H25NO4/c28-25(27-23(18-31-26(27)29)16-20-10-4-1-5-11-20)24(22-14-8-3-9-15-22)19-30-17-21-12-6-2-7-13-21/h1-15,23-24H,16-19H2. The van der Waals surface area contributed by atoms with Crippen molar-refractivity contribution in [1.29, 1.82) is 0 Å². The fourth-order valence-electron chi connectivity index (χ4n) is 3.80. The Morgan fingerprint density at radius 1 is 0.903 bits per heavy atom. The van der Waals surface area contributed by atoms with E-state index in [-0.39, 0.29) is 25.2 Å². The summed E-state index contributed by atoms with van der Waals surface area (Å²) in [6, 6.07) is 28.8. The smallest absolute Gasteiger partial charge is 0.417 e. The third-order valence-electron chi connectivity index (χ3n) is 5.41. The molecular weight excluding hydrogens is 390 g/mol. The van der Waals surface area contributed by atoms with Crippen molar-refractivity contribution in [2.24, 2.45) is 0 Å². The first-order valence-corrected chi connectivity index (χ1v) is 10.4. The number of cyclic esters (lactones) is 1. The third kappa shape index (κ3) is 5.19. The summed E-state index contributed by atoms with van der Waals surface area (Å²) in [5, 5.41) is 0. The Hall–Kier alpha value is -3.44. The van der Waals surface area contributed by atoms with Gasteiger partial charge in [-0.05, 0) is 23.1 Å². The number of rotatable bonds is 8. The average Bonchev–Trinajstić information content (AvgIpc) is 3.18. The van der Waals surface area contributed by atoms with Gasteiger partial charge in [0.15, 0.2) is 0 Å². The lowest BCUT2D eigenvalue weighted by atomic mass is 9.97. The van der Waals surface area contributed by atoms with E-state index in [9.17, 15) is 9.59 Å². The molecule has 0 N–H and O–H groups in total. The molecule has 4 rings (SSSR count). The normalized spacial score (nSPS) is 16.7. The van der Waals surface area contributed by atoms with E-state index in [1.807, 2.05) is 91.0 Å². The van der Waals surface area contributed by atoms with Gasteiger partial charge in [-0.15, -0.1) is 0 Å². The molecule has 0 saturated carbocycles. The zero-order valence-electron chi connectivity index (χ0n) is 17.2. The highest BCUT2D eigenvalue weighted by molar-refractivity contribution is 5.97. The molecule has 3 aromatic rings. The van der Waals surface area contributed by atoms with E-state index in [0.717, 1.165) is 16.7 Å². The summed E-state index contributed by atoms with van der Waals surface area (Å²) in [5.41, 5.74) is 2.91. The third-order valence-corrected chi connectivity index (χ3v) is 5.41. The molecule has 3 aromatic carbocycles. The maximum Gasteiger partial charge on any atom is 0.417 e. The molecule has 0 radical (unpaired) electrons. The molecule has 5 nitrogen and oxygen atoms in total. The Kier molecular flexibility index (Phi) is 6.75. The predicted octanol–water partition coefficient (Wildman–Crippen LogP) is 4.58. The van der Waals surface area contributed by atoms with Gasteiger partial charge in [-0.1, -0.05) is 91.0 Å². The second-order valence-electron chi connectivity index (χ2n) is 7.59. The lowest BCUT2D eigenvalue weighted by molar-refractivity contribution is -0.132. The molecule has 1 heterocycles. The number of ether oxygens (including phenoxy) is 2. The van der Waals surface area contributed by atoms with Crippen LogP contribution in [-0.2, 0) is 27.3 Å². The minimum Gasteiger partial charge on any atom is -0.447 e. The minimum absolute atomic E-state index is 0.180. The number of amides is 2. The number of carbonyl (C=O) groups is 2. The summed E-state index contributed by atoms with van der Waals surface area (Å²) in [6.45, 7) is 0.779. The second kappa shape index (κ2) is 10.0. The van der Waals surface area contributed by atoms with Crippen LogP contribution in [0.5, 0.6) is 0 Å². The van der Waals surface area contributed by atoms with E-state index >= 15 is 0 Å². The topological polar surface area (TPSA) is 55.8 Å². The van der Waals surface area contributed by atoms with Crippen molar-refractivity contribution in [3.05, 3.63) is 108 Å². The van der Waals surface area contributed by atoms with Gasteiger partial charge in [-0.25, -0.2) is 9.69 Å². The van der Waals surface area contributed by atoms with Gasteiger partial charge >= 0.3 is 6.09 Å². The zero-order chi connectivity index (χ0) is 21.5. The molecule has 158 valence electrons. The fraction of sp³-hybridized carbons (Fsp3) is 0.231. The fourth-order valence-corrected chi connectivity index (χ4v) is 3.80. The van der Waals surface area contributed by atoms with Gasteiger partial charge in [0.2, 0.25) is 5.91 Å². The average molecular weight is 415 g/mol. The van der Waals surface area contributed by atoms with Gasteiger partial charge in [-0.3, -0.25) is 4.79 Å². The van der Waals surface area contributed by atoms with E-state index in [0.29, 0.717) is 13.0 Å². The van der Waals surface area contributed by atoms with E-state index < -0.39 is 12.0 Å². The van der Waals surface area contributed by atoms with E-state index in [4.69, 9.17) is 9.47 Å². The van der Waals surface area contributed by atoms with E-state index in [1.165, 1.54) is 4.90 Å². The summed E-state index contributed by atoms with van der Waals surface area (Å²) in [5.74, 6) is -0.878. The summed E-state index contributed by atoms with van der Waals surface area (Å²) in [6.07, 6.45) is -0.0278. The van der Waals surface area contributed by atoms with Crippen molar-refractivity contribution >= 4 is 12.0 Å². The van der Waals surface area contributed by atoms with Gasteiger partial charge in [0.05, 0.1) is 25.2 Å². The maximum atomic E-state index is 13.5. The number of imide groups is 1. The van der Waals surface area contributed by atoms with E-state index in [2.05, 4.69) is 0 Å². The van der Waals surface area contributed by atoms with Gasteiger partial charge < -0.3 is 9.47 Å². The van der Waals surface area contributed by atoms with Crippen LogP contribution >= 0.6 is 0 Å². The van der Waals surface area contributed by atoms with Gasteiger partial charge in [0.1, 0.15) is 6.61 Å². The Labute approximate surface area is 182 Å². The molecule has 5 heteroatoms. The SMILES string of the molecule is O=C1OCC(Cc2ccccc2)N1C(=O)C(COCc1ccccc1)c1ccccc1. The molecule has 1 saturated heterocycles. The number of hydrogen-bond donors (Lipinski definition) is 0. The molecule has 2 atom stereocenters. The van der Waals surface area contributed by atoms with Crippen molar-refractivity contribution in [3.63, 3.8) is 0 Å². The lowest BCUT2D eigenvalue weighted by Gasteiger charge is -2.25. The van der Waals surface area contributed by atoms with Crippen LogP contribution in [0.15, 0.2) is 91.0 Å². The first-order chi connectivity index (χ1) is 15.2. The maximum absolute atomic E-state index is 13.5. The molecule has 1 aliphatic heterocycles. The monoisotopic (exact) mass is 415 g/mol. The van der Waals surface area contributed by atoms with Crippen LogP contribution in [0.1, 0.15) is 22.6 Å². The van der Waals surface area contributed by atoms with Crippen molar-refractivity contribution in [3.8, 4) is 0 Å². The second-order valence-corrected chi connectivity index (χ2v) is 7.59. The predicted molar refractivity (Wildman–Crippen MR) is 117 cm³/mol. The van der Waals surface area contributed by atoms with Crippen molar-refractivity contribution < 1.29 is 19.1 Å². The van der Waals surface area contributed by atoms with Gasteiger partial charge in [0, 0.05) is 0 Å². The van der Waals surface area contributed by atoms with Crippen LogP contribution in [0, 0.1) is 0 Å². The molecule has 0 bridgehead atoms. The van der Waals surface area contributed by atoms with Crippen LogP contribution < -0.4 is 0 Å². The number of hydrogen-bond acceptors (Lipinski definition) is 4. The molecule has 2 amide bonds. The Morgan fingerprint density at radius 3 is 2.13 bits per heavy atom. The van der Waals surface area contributed by atoms with Crippen molar-refractivity contribution in [1.82, 2.24) is 4.90 Å². The first-order valence-electron chi connectivity index (χ1n) is 10.4. The Bertz CT molecular complexity index is 992. The van der Waals surface area contributed by atoms with Crippen LogP contribution in [0.25, 0.3) is 0 Å². The van der Waals surface area contributed by atoms with Crippen LogP contribution in [-0.4, -0.2) is 36.2 Å². The molecule has 0 spiro atoms. The van der Waals surface area contributed by atoms with Gasteiger partial charge in [-0.2, -0.15) is 0 Å². The van der Waals surface area contributed by atoms with Crippen molar-refractivity contribution in [2.45, 2.75) is 25.0 Å². The quantitative estimate of drug-likeness (QED) is 0.541. The van der Waals surface area contributed by atoms with Crippen LogP contribution in [0.2, 0.25) is 0 Å². The van der Waals surface area contributed by atoms with Crippen molar-refractivity contribution in [2.75, 3.05) is 13.2 Å². The highest BCUT2D eigenvalue weighted by Gasteiger charge is 2.41. The first kappa shape index (κ1) is 20.8. The Morgan fingerprint density at radius 2 is 1.48 bits per heavy atom. The number of benzene rings is 3. The molecule has 1 fully saturated rings. The Balaban J connectivity index is 1.51. The highest BCUT2D eigenvalue weighted by Crippen LogP contribution is 2.26. The number of nitrogens with zero attached hydrogens (tertiary/aromatic N) is 1. The largest absolute Gasteiger partial charge is 0.447 e. The molecule has 31 heavy (non-hydrogen) atoms. The van der Waals surface area contributed by atoms with Crippen LogP contribution in [0.3, 0.4) is 0 Å². The molecular formula is C26H25NO4. The summed E-state index contributed by atoms with van der Waals surface area (Å²) >= 11 is 0. The lowest BCUT2D eigenvalue weighted by Crippen LogP contribution is -2.43. The molecule has 1 aliphatic rings. The van der Waals surface area contributed by atoms with E-state index in [1.54, 1.807) is 0 Å². The summed E-state index contributed by atoms with van der Waals surface area (Å²) in [7, 11) is 0. The highest BCUT2D eigenvalue weighted by atomic mass is 16.6. The summed E-state index contributed by atoms with van der Waals surface area (Å²) in [4.78, 5) is 27.3. The zero-order valence-corrected chi connectivity index (χ0v) is 17.2. The van der Waals surface area contributed by atoms with Crippen LogP contribution in [0.4, 0.5) is 4.79 Å². The summed E-state index contributed by atoms with van der Waals surface area (Å²) < 4.78 is 11.2. The minimum atomic E-state index is -0.589.